The minimum absolute atomic E-state index is 0.194. The molecule has 0 unspecified atom stereocenters. The van der Waals surface area contributed by atoms with Gasteiger partial charge in [-0.05, 0) is 31.2 Å². The number of carbonyl (C=O) groups is 1. The van der Waals surface area contributed by atoms with Crippen molar-refractivity contribution in [2.45, 2.75) is 13.5 Å². The standard InChI is InChI=1S/C20H19BrO5/c1-13-19(20(22)24-10-9-23-2)16-11-15(7-8-18(16)26-13)25-12-14-5-3-4-6-17(14)21/h3-8,11H,9-10,12H2,1-2H3. The van der Waals surface area contributed by atoms with Crippen molar-refractivity contribution in [1.29, 1.82) is 0 Å². The van der Waals surface area contributed by atoms with Gasteiger partial charge in [0.1, 0.15) is 35.9 Å². The van der Waals surface area contributed by atoms with Crippen LogP contribution in [-0.4, -0.2) is 26.3 Å². The quantitative estimate of drug-likeness (QED) is 0.403. The number of halogens is 1. The first-order valence-electron chi connectivity index (χ1n) is 8.15. The van der Waals surface area contributed by atoms with Crippen molar-refractivity contribution in [3.8, 4) is 5.75 Å². The Kier molecular flexibility index (Phi) is 5.96. The number of furan rings is 1. The third-order valence-corrected chi connectivity index (χ3v) is 4.69. The molecule has 2 aromatic carbocycles. The summed E-state index contributed by atoms with van der Waals surface area (Å²) in [6.07, 6.45) is 0. The van der Waals surface area contributed by atoms with Crippen LogP contribution >= 0.6 is 15.9 Å². The molecule has 0 fully saturated rings. The Labute approximate surface area is 160 Å². The summed E-state index contributed by atoms with van der Waals surface area (Å²) in [6, 6.07) is 13.3. The lowest BCUT2D eigenvalue weighted by Gasteiger charge is -2.08. The first-order chi connectivity index (χ1) is 12.6. The number of hydrogen-bond acceptors (Lipinski definition) is 5. The Balaban J connectivity index is 1.82. The van der Waals surface area contributed by atoms with Gasteiger partial charge < -0.3 is 18.6 Å². The van der Waals surface area contributed by atoms with Crippen LogP contribution in [0.25, 0.3) is 11.0 Å². The molecule has 136 valence electrons. The molecule has 1 heterocycles. The second-order valence-corrected chi connectivity index (χ2v) is 6.55. The van der Waals surface area contributed by atoms with Gasteiger partial charge in [-0.2, -0.15) is 0 Å². The molecule has 0 aliphatic rings. The van der Waals surface area contributed by atoms with Gasteiger partial charge >= 0.3 is 5.97 Å². The van der Waals surface area contributed by atoms with Crippen molar-refractivity contribution in [2.75, 3.05) is 20.3 Å². The highest BCUT2D eigenvalue weighted by Crippen LogP contribution is 2.30. The molecule has 3 rings (SSSR count). The molecule has 3 aromatic rings. The van der Waals surface area contributed by atoms with Gasteiger partial charge in [-0.3, -0.25) is 0 Å². The average Bonchev–Trinajstić information content (AvgIpc) is 2.96. The molecule has 0 aliphatic carbocycles. The summed E-state index contributed by atoms with van der Waals surface area (Å²) in [4.78, 5) is 12.4. The van der Waals surface area contributed by atoms with E-state index in [1.807, 2.05) is 30.3 Å². The molecular formula is C20H19BrO5. The highest BCUT2D eigenvalue weighted by atomic mass is 79.9. The summed E-state index contributed by atoms with van der Waals surface area (Å²) in [6.45, 7) is 2.70. The summed E-state index contributed by atoms with van der Waals surface area (Å²) in [5.74, 6) is 0.742. The zero-order valence-corrected chi connectivity index (χ0v) is 16.2. The van der Waals surface area contributed by atoms with Gasteiger partial charge in [-0.15, -0.1) is 0 Å². The number of ether oxygens (including phenoxy) is 3. The Morgan fingerprint density at radius 2 is 1.96 bits per heavy atom. The van der Waals surface area contributed by atoms with Gasteiger partial charge in [-0.1, -0.05) is 34.1 Å². The molecule has 26 heavy (non-hydrogen) atoms. The largest absolute Gasteiger partial charge is 0.489 e. The van der Waals surface area contributed by atoms with E-state index >= 15 is 0 Å². The van der Waals surface area contributed by atoms with E-state index in [0.29, 0.717) is 41.3 Å². The monoisotopic (exact) mass is 418 g/mol. The Morgan fingerprint density at radius 1 is 1.15 bits per heavy atom. The molecule has 0 amide bonds. The summed E-state index contributed by atoms with van der Waals surface area (Å²) in [7, 11) is 1.56. The normalized spacial score (nSPS) is 10.9. The predicted octanol–water partition coefficient (Wildman–Crippen LogP) is 4.89. The SMILES string of the molecule is COCCOC(=O)c1c(C)oc2ccc(OCc3ccccc3Br)cc12. The molecule has 0 saturated heterocycles. The summed E-state index contributed by atoms with van der Waals surface area (Å²) >= 11 is 3.51. The van der Waals surface area contributed by atoms with Crippen molar-refractivity contribution in [2.24, 2.45) is 0 Å². The topological polar surface area (TPSA) is 57.9 Å². The number of rotatable bonds is 7. The fourth-order valence-electron chi connectivity index (χ4n) is 2.61. The third-order valence-electron chi connectivity index (χ3n) is 3.91. The zero-order chi connectivity index (χ0) is 18.5. The molecule has 0 atom stereocenters. The second kappa shape index (κ2) is 8.38. The maximum atomic E-state index is 12.4. The molecule has 0 bridgehead atoms. The van der Waals surface area contributed by atoms with Gasteiger partial charge in [-0.25, -0.2) is 4.79 Å². The van der Waals surface area contributed by atoms with Crippen molar-refractivity contribution in [3.63, 3.8) is 0 Å². The van der Waals surface area contributed by atoms with Crippen LogP contribution in [0, 0.1) is 6.92 Å². The highest BCUT2D eigenvalue weighted by molar-refractivity contribution is 9.10. The number of fused-ring (bicyclic) bond motifs is 1. The summed E-state index contributed by atoms with van der Waals surface area (Å²) in [5.41, 5.74) is 2.08. The van der Waals surface area contributed by atoms with Crippen LogP contribution in [0.3, 0.4) is 0 Å². The Hall–Kier alpha value is -2.31. The van der Waals surface area contributed by atoms with E-state index < -0.39 is 5.97 Å². The van der Waals surface area contributed by atoms with E-state index in [2.05, 4.69) is 15.9 Å². The average molecular weight is 419 g/mol. The minimum atomic E-state index is -0.429. The number of carbonyl (C=O) groups excluding carboxylic acids is 1. The van der Waals surface area contributed by atoms with Crippen LogP contribution in [-0.2, 0) is 16.1 Å². The lowest BCUT2D eigenvalue weighted by Crippen LogP contribution is -2.10. The molecule has 0 N–H and O–H groups in total. The Morgan fingerprint density at radius 3 is 2.73 bits per heavy atom. The lowest BCUT2D eigenvalue weighted by atomic mass is 10.1. The Bertz CT molecular complexity index is 916. The van der Waals surface area contributed by atoms with Crippen molar-refractivity contribution < 1.29 is 23.4 Å². The second-order valence-electron chi connectivity index (χ2n) is 5.70. The lowest BCUT2D eigenvalue weighted by molar-refractivity contribution is 0.0388. The van der Waals surface area contributed by atoms with Gasteiger partial charge in [0, 0.05) is 22.5 Å². The van der Waals surface area contributed by atoms with Crippen LogP contribution < -0.4 is 4.74 Å². The maximum absolute atomic E-state index is 12.4. The molecule has 0 radical (unpaired) electrons. The summed E-state index contributed by atoms with van der Waals surface area (Å²) in [5, 5.41) is 0.676. The number of methoxy groups -OCH3 is 1. The van der Waals surface area contributed by atoms with E-state index in [0.717, 1.165) is 10.0 Å². The van der Waals surface area contributed by atoms with E-state index in [4.69, 9.17) is 18.6 Å². The number of esters is 1. The number of hydrogen-bond donors (Lipinski definition) is 0. The van der Waals surface area contributed by atoms with Crippen LogP contribution in [0.5, 0.6) is 5.75 Å². The van der Waals surface area contributed by atoms with Crippen LogP contribution in [0.15, 0.2) is 51.4 Å². The minimum Gasteiger partial charge on any atom is -0.489 e. The van der Waals surface area contributed by atoms with Gasteiger partial charge in [0.15, 0.2) is 0 Å². The zero-order valence-electron chi connectivity index (χ0n) is 14.6. The van der Waals surface area contributed by atoms with Crippen LogP contribution in [0.2, 0.25) is 0 Å². The van der Waals surface area contributed by atoms with Gasteiger partial charge in [0.25, 0.3) is 0 Å². The summed E-state index contributed by atoms with van der Waals surface area (Å²) < 4.78 is 22.7. The van der Waals surface area contributed by atoms with Crippen molar-refractivity contribution in [3.05, 3.63) is 63.8 Å². The fraction of sp³-hybridized carbons (Fsp3) is 0.250. The van der Waals surface area contributed by atoms with Crippen molar-refractivity contribution >= 4 is 32.9 Å². The van der Waals surface area contributed by atoms with E-state index in [9.17, 15) is 4.79 Å². The van der Waals surface area contributed by atoms with Gasteiger partial charge in [0.2, 0.25) is 0 Å². The first-order valence-corrected chi connectivity index (χ1v) is 8.95. The smallest absolute Gasteiger partial charge is 0.342 e. The molecule has 0 saturated carbocycles. The van der Waals surface area contributed by atoms with Crippen LogP contribution in [0.1, 0.15) is 21.7 Å². The predicted molar refractivity (Wildman–Crippen MR) is 102 cm³/mol. The van der Waals surface area contributed by atoms with Crippen molar-refractivity contribution in [1.82, 2.24) is 0 Å². The molecule has 6 heteroatoms. The molecule has 1 aromatic heterocycles. The molecule has 0 aliphatic heterocycles. The van der Waals surface area contributed by atoms with Crippen LogP contribution in [0.4, 0.5) is 0 Å². The number of aryl methyl sites for hydroxylation is 1. The third kappa shape index (κ3) is 4.08. The first kappa shape index (κ1) is 18.5. The van der Waals surface area contributed by atoms with E-state index in [-0.39, 0.29) is 6.61 Å². The molecular weight excluding hydrogens is 400 g/mol. The maximum Gasteiger partial charge on any atom is 0.342 e. The van der Waals surface area contributed by atoms with Gasteiger partial charge in [0.05, 0.1) is 6.61 Å². The molecule has 0 spiro atoms. The fourth-order valence-corrected chi connectivity index (χ4v) is 3.01. The van der Waals surface area contributed by atoms with E-state index in [1.54, 1.807) is 26.2 Å². The van der Waals surface area contributed by atoms with E-state index in [1.165, 1.54) is 0 Å². The number of benzene rings is 2. The highest BCUT2D eigenvalue weighted by Gasteiger charge is 2.20. The molecule has 5 nitrogen and oxygen atoms in total.